The van der Waals surface area contributed by atoms with E-state index in [2.05, 4.69) is 17.2 Å². The van der Waals surface area contributed by atoms with Crippen LogP contribution in [0.15, 0.2) is 18.3 Å². The Kier molecular flexibility index (Phi) is 4.09. The average Bonchev–Trinajstić information content (AvgIpc) is 2.17. The van der Waals surface area contributed by atoms with Crippen LogP contribution >= 0.6 is 0 Å². The molecule has 1 aromatic rings. The van der Waals surface area contributed by atoms with Crippen molar-refractivity contribution in [2.75, 3.05) is 18.5 Å². The van der Waals surface area contributed by atoms with Gasteiger partial charge in [-0.1, -0.05) is 6.92 Å². The van der Waals surface area contributed by atoms with Crippen LogP contribution in [0.1, 0.15) is 20.3 Å². The van der Waals surface area contributed by atoms with E-state index < -0.39 is 0 Å². The van der Waals surface area contributed by atoms with Gasteiger partial charge in [-0.05, 0) is 25.5 Å². The Hall–Kier alpha value is -1.25. The van der Waals surface area contributed by atoms with Crippen LogP contribution in [0, 0.1) is 0 Å². The molecular weight excluding hydrogens is 164 g/mol. The van der Waals surface area contributed by atoms with E-state index in [1.807, 2.05) is 19.1 Å². The number of hydrogen-bond donors (Lipinski definition) is 1. The second-order valence-electron chi connectivity index (χ2n) is 2.72. The molecule has 0 aliphatic heterocycles. The molecule has 0 unspecified atom stereocenters. The van der Waals surface area contributed by atoms with Gasteiger partial charge >= 0.3 is 0 Å². The van der Waals surface area contributed by atoms with Crippen LogP contribution in [0.3, 0.4) is 0 Å². The molecule has 0 atom stereocenters. The molecule has 1 aromatic heterocycles. The van der Waals surface area contributed by atoms with Crippen LogP contribution in [0.5, 0.6) is 5.88 Å². The van der Waals surface area contributed by atoms with E-state index in [0.717, 1.165) is 18.7 Å². The summed E-state index contributed by atoms with van der Waals surface area (Å²) in [6.07, 6.45) is 2.84. The van der Waals surface area contributed by atoms with Gasteiger partial charge in [-0.15, -0.1) is 0 Å². The predicted molar refractivity (Wildman–Crippen MR) is 54.2 cm³/mol. The van der Waals surface area contributed by atoms with E-state index in [0.29, 0.717) is 12.5 Å². The van der Waals surface area contributed by atoms with E-state index in [-0.39, 0.29) is 0 Å². The largest absolute Gasteiger partial charge is 0.476 e. The normalized spacial score (nSPS) is 9.69. The molecule has 1 rings (SSSR count). The molecule has 0 saturated carbocycles. The van der Waals surface area contributed by atoms with E-state index in [1.54, 1.807) is 6.20 Å². The number of hydrogen-bond acceptors (Lipinski definition) is 3. The van der Waals surface area contributed by atoms with Crippen molar-refractivity contribution in [1.82, 2.24) is 4.98 Å². The van der Waals surface area contributed by atoms with Gasteiger partial charge in [-0.25, -0.2) is 4.98 Å². The van der Waals surface area contributed by atoms with Crippen molar-refractivity contribution in [3.63, 3.8) is 0 Å². The number of aromatic nitrogens is 1. The molecule has 1 heterocycles. The van der Waals surface area contributed by atoms with Crippen LogP contribution in [-0.2, 0) is 0 Å². The van der Waals surface area contributed by atoms with Crippen LogP contribution in [0.4, 0.5) is 5.69 Å². The molecule has 0 fully saturated rings. The highest BCUT2D eigenvalue weighted by Gasteiger charge is 2.01. The molecule has 1 N–H and O–H groups in total. The summed E-state index contributed by atoms with van der Waals surface area (Å²) in [6.45, 7) is 5.69. The number of pyridine rings is 1. The highest BCUT2D eigenvalue weighted by molar-refractivity contribution is 5.51. The number of anilines is 1. The molecule has 3 heteroatoms. The lowest BCUT2D eigenvalue weighted by Crippen LogP contribution is -2.04. The molecule has 0 aliphatic rings. The number of nitrogens with one attached hydrogen (secondary N) is 1. The van der Waals surface area contributed by atoms with Crippen molar-refractivity contribution in [1.29, 1.82) is 0 Å². The third kappa shape index (κ3) is 2.93. The second-order valence-corrected chi connectivity index (χ2v) is 2.72. The van der Waals surface area contributed by atoms with Gasteiger partial charge in [-0.3, -0.25) is 0 Å². The molecule has 0 amide bonds. The Balaban J connectivity index is 2.66. The Labute approximate surface area is 79.1 Å². The summed E-state index contributed by atoms with van der Waals surface area (Å²) in [4.78, 5) is 4.14. The lowest BCUT2D eigenvalue weighted by Gasteiger charge is -2.09. The first kappa shape index (κ1) is 9.84. The van der Waals surface area contributed by atoms with Crippen molar-refractivity contribution in [2.24, 2.45) is 0 Å². The van der Waals surface area contributed by atoms with Crippen molar-refractivity contribution >= 4 is 5.69 Å². The van der Waals surface area contributed by atoms with Crippen molar-refractivity contribution in [3.05, 3.63) is 18.3 Å². The monoisotopic (exact) mass is 180 g/mol. The molecule has 0 saturated heterocycles. The molecule has 13 heavy (non-hydrogen) atoms. The summed E-state index contributed by atoms with van der Waals surface area (Å²) in [6, 6.07) is 3.88. The fourth-order valence-corrected chi connectivity index (χ4v) is 1.04. The minimum Gasteiger partial charge on any atom is -0.476 e. The molecule has 0 bridgehead atoms. The SMILES string of the molecule is CCCNc1cccnc1OCC. The van der Waals surface area contributed by atoms with Gasteiger partial charge in [-0.2, -0.15) is 0 Å². The maximum absolute atomic E-state index is 5.36. The fourth-order valence-electron chi connectivity index (χ4n) is 1.04. The first-order valence-corrected chi connectivity index (χ1v) is 4.70. The van der Waals surface area contributed by atoms with E-state index in [4.69, 9.17) is 4.74 Å². The van der Waals surface area contributed by atoms with Gasteiger partial charge in [0.25, 0.3) is 0 Å². The maximum Gasteiger partial charge on any atom is 0.237 e. The third-order valence-corrected chi connectivity index (χ3v) is 1.62. The van der Waals surface area contributed by atoms with E-state index >= 15 is 0 Å². The average molecular weight is 180 g/mol. The molecule has 72 valence electrons. The number of nitrogens with zero attached hydrogens (tertiary/aromatic N) is 1. The van der Waals surface area contributed by atoms with E-state index in [9.17, 15) is 0 Å². The summed E-state index contributed by atoms with van der Waals surface area (Å²) in [7, 11) is 0. The van der Waals surface area contributed by atoms with E-state index in [1.165, 1.54) is 0 Å². The fraction of sp³-hybridized carbons (Fsp3) is 0.500. The van der Waals surface area contributed by atoms with Gasteiger partial charge in [0.05, 0.1) is 12.3 Å². The standard InChI is InChI=1S/C10H16N2O/c1-3-7-11-9-6-5-8-12-10(9)13-4-2/h5-6,8,11H,3-4,7H2,1-2H3. The van der Waals surface area contributed by atoms with Crippen molar-refractivity contribution in [3.8, 4) is 5.88 Å². The minimum absolute atomic E-state index is 0.651. The zero-order chi connectivity index (χ0) is 9.52. The Bertz CT molecular complexity index is 250. The second kappa shape index (κ2) is 5.41. The summed E-state index contributed by atoms with van der Waals surface area (Å²) in [5, 5.41) is 3.26. The first-order chi connectivity index (χ1) is 6.38. The third-order valence-electron chi connectivity index (χ3n) is 1.62. The molecule has 0 aliphatic carbocycles. The van der Waals surface area contributed by atoms with Crippen molar-refractivity contribution in [2.45, 2.75) is 20.3 Å². The maximum atomic E-state index is 5.36. The summed E-state index contributed by atoms with van der Waals surface area (Å²) < 4.78 is 5.36. The summed E-state index contributed by atoms with van der Waals surface area (Å²) in [5.41, 5.74) is 0.978. The van der Waals surface area contributed by atoms with Gasteiger partial charge in [0.1, 0.15) is 0 Å². The Morgan fingerprint density at radius 2 is 2.31 bits per heavy atom. The topological polar surface area (TPSA) is 34.2 Å². The smallest absolute Gasteiger partial charge is 0.237 e. The van der Waals surface area contributed by atoms with Crippen LogP contribution in [0.2, 0.25) is 0 Å². The van der Waals surface area contributed by atoms with Gasteiger partial charge in [0.15, 0.2) is 0 Å². The van der Waals surface area contributed by atoms with Crippen LogP contribution < -0.4 is 10.1 Å². The zero-order valence-corrected chi connectivity index (χ0v) is 8.21. The highest BCUT2D eigenvalue weighted by atomic mass is 16.5. The summed E-state index contributed by atoms with van der Waals surface area (Å²) >= 11 is 0. The molecular formula is C10H16N2O. The Morgan fingerprint density at radius 3 is 3.00 bits per heavy atom. The number of rotatable bonds is 5. The van der Waals surface area contributed by atoms with Gasteiger partial charge in [0, 0.05) is 12.7 Å². The highest BCUT2D eigenvalue weighted by Crippen LogP contribution is 2.19. The van der Waals surface area contributed by atoms with Crippen LogP contribution in [-0.4, -0.2) is 18.1 Å². The molecule has 3 nitrogen and oxygen atoms in total. The van der Waals surface area contributed by atoms with Gasteiger partial charge in [0.2, 0.25) is 5.88 Å². The van der Waals surface area contributed by atoms with Crippen molar-refractivity contribution < 1.29 is 4.74 Å². The Morgan fingerprint density at radius 1 is 1.46 bits per heavy atom. The van der Waals surface area contributed by atoms with Crippen LogP contribution in [0.25, 0.3) is 0 Å². The lowest BCUT2D eigenvalue weighted by atomic mass is 10.4. The molecule has 0 aromatic carbocycles. The quantitative estimate of drug-likeness (QED) is 0.755. The predicted octanol–water partition coefficient (Wildman–Crippen LogP) is 2.30. The van der Waals surface area contributed by atoms with Gasteiger partial charge < -0.3 is 10.1 Å². The zero-order valence-electron chi connectivity index (χ0n) is 8.21. The first-order valence-electron chi connectivity index (χ1n) is 4.70. The lowest BCUT2D eigenvalue weighted by molar-refractivity contribution is 0.328. The summed E-state index contributed by atoms with van der Waals surface area (Å²) in [5.74, 6) is 0.693. The number of ether oxygens (including phenoxy) is 1. The minimum atomic E-state index is 0.651. The molecule has 0 radical (unpaired) electrons. The molecule has 0 spiro atoms.